The molecule has 0 aromatic carbocycles. The number of carbonyl (C=O) groups is 1. The molecular weight excluding hydrogens is 217 g/mol. The lowest BCUT2D eigenvalue weighted by Crippen LogP contribution is -2.26. The van der Waals surface area contributed by atoms with Crippen molar-refractivity contribution in [2.24, 2.45) is 17.8 Å². The molecule has 0 amide bonds. The quantitative estimate of drug-likeness (QED) is 0.735. The molecule has 17 heavy (non-hydrogen) atoms. The van der Waals surface area contributed by atoms with Gasteiger partial charge in [0.15, 0.2) is 5.78 Å². The average Bonchev–Trinajstić information content (AvgIpc) is 2.26. The monoisotopic (exact) mass is 235 g/mol. The number of pyridine rings is 1. The predicted octanol–water partition coefficient (Wildman–Crippen LogP) is 3.48. The molecule has 0 spiro atoms. The van der Waals surface area contributed by atoms with E-state index in [1.165, 1.54) is 18.7 Å². The number of rotatable bonds is 2. The van der Waals surface area contributed by atoms with Gasteiger partial charge in [-0.05, 0) is 37.2 Å². The molecule has 0 N–H and O–H groups in total. The molecule has 1 aliphatic rings. The lowest BCUT2D eigenvalue weighted by Gasteiger charge is -2.30. The lowest BCUT2D eigenvalue weighted by molar-refractivity contribution is 0.0835. The Morgan fingerprint density at radius 2 is 1.88 bits per heavy atom. The van der Waals surface area contributed by atoms with E-state index in [9.17, 15) is 9.18 Å². The smallest absolute Gasteiger partial charge is 0.167 e. The molecule has 2 unspecified atom stereocenters. The molecule has 0 radical (unpaired) electrons. The second-order valence-electron chi connectivity index (χ2n) is 5.37. The van der Waals surface area contributed by atoms with Crippen molar-refractivity contribution in [3.05, 3.63) is 29.8 Å². The van der Waals surface area contributed by atoms with E-state index in [2.05, 4.69) is 18.8 Å². The summed E-state index contributed by atoms with van der Waals surface area (Å²) in [7, 11) is 0. The molecule has 0 aliphatic heterocycles. The van der Waals surface area contributed by atoms with Gasteiger partial charge >= 0.3 is 0 Å². The summed E-state index contributed by atoms with van der Waals surface area (Å²) < 4.78 is 13.0. The summed E-state index contributed by atoms with van der Waals surface area (Å²) >= 11 is 0. The van der Waals surface area contributed by atoms with Crippen molar-refractivity contribution in [2.45, 2.75) is 33.1 Å². The molecule has 2 rings (SSSR count). The third-order valence-corrected chi connectivity index (χ3v) is 3.54. The molecule has 0 bridgehead atoms. The number of carbonyl (C=O) groups excluding carboxylic acids is 1. The van der Waals surface area contributed by atoms with Crippen molar-refractivity contribution >= 4 is 5.78 Å². The Balaban J connectivity index is 2.14. The van der Waals surface area contributed by atoms with Crippen LogP contribution in [0.15, 0.2) is 18.5 Å². The maximum Gasteiger partial charge on any atom is 0.167 e. The standard InChI is InChI=1S/C14H18FNO/c1-9-3-10(2)5-11(4-9)14(17)12-6-13(15)8-16-7-12/h6-11H,3-5H2,1-2H3. The van der Waals surface area contributed by atoms with Crippen molar-refractivity contribution < 1.29 is 9.18 Å². The highest BCUT2D eigenvalue weighted by atomic mass is 19.1. The number of ketones is 1. The minimum absolute atomic E-state index is 0.0392. The van der Waals surface area contributed by atoms with Gasteiger partial charge in [0.05, 0.1) is 6.20 Å². The zero-order valence-corrected chi connectivity index (χ0v) is 10.3. The van der Waals surface area contributed by atoms with Gasteiger partial charge in [-0.2, -0.15) is 0 Å². The molecule has 1 saturated carbocycles. The van der Waals surface area contributed by atoms with Crippen molar-refractivity contribution in [1.29, 1.82) is 0 Å². The molecule has 1 aromatic rings. The predicted molar refractivity (Wildman–Crippen MR) is 64.2 cm³/mol. The molecule has 92 valence electrons. The lowest BCUT2D eigenvalue weighted by atomic mass is 9.74. The van der Waals surface area contributed by atoms with E-state index < -0.39 is 5.82 Å². The Hall–Kier alpha value is -1.25. The maximum absolute atomic E-state index is 13.0. The van der Waals surface area contributed by atoms with Crippen LogP contribution in [0.1, 0.15) is 43.5 Å². The molecule has 3 heteroatoms. The van der Waals surface area contributed by atoms with E-state index >= 15 is 0 Å². The minimum Gasteiger partial charge on any atom is -0.294 e. The van der Waals surface area contributed by atoms with Crippen molar-refractivity contribution in [3.63, 3.8) is 0 Å². The van der Waals surface area contributed by atoms with Crippen LogP contribution in [0.25, 0.3) is 0 Å². The Morgan fingerprint density at radius 3 is 2.47 bits per heavy atom. The van der Waals surface area contributed by atoms with Crippen LogP contribution in [0.3, 0.4) is 0 Å². The Kier molecular flexibility index (Phi) is 3.55. The third kappa shape index (κ3) is 2.90. The van der Waals surface area contributed by atoms with Gasteiger partial charge in [0.25, 0.3) is 0 Å². The van der Waals surface area contributed by atoms with E-state index in [0.717, 1.165) is 19.0 Å². The van der Waals surface area contributed by atoms with Crippen molar-refractivity contribution in [3.8, 4) is 0 Å². The first-order valence-corrected chi connectivity index (χ1v) is 6.21. The number of hydrogen-bond donors (Lipinski definition) is 0. The minimum atomic E-state index is -0.437. The molecule has 1 aromatic heterocycles. The fraction of sp³-hybridized carbons (Fsp3) is 0.571. The van der Waals surface area contributed by atoms with Crippen LogP contribution in [-0.4, -0.2) is 10.8 Å². The van der Waals surface area contributed by atoms with Gasteiger partial charge in [-0.1, -0.05) is 13.8 Å². The fourth-order valence-corrected chi connectivity index (χ4v) is 2.94. The largest absolute Gasteiger partial charge is 0.294 e. The van der Waals surface area contributed by atoms with Gasteiger partial charge in [0, 0.05) is 17.7 Å². The first-order chi connectivity index (χ1) is 8.06. The van der Waals surface area contributed by atoms with Crippen LogP contribution in [0, 0.1) is 23.6 Å². The number of hydrogen-bond acceptors (Lipinski definition) is 2. The maximum atomic E-state index is 13.0. The molecule has 1 fully saturated rings. The van der Waals surface area contributed by atoms with E-state index in [-0.39, 0.29) is 11.7 Å². The van der Waals surface area contributed by atoms with Gasteiger partial charge in [-0.3, -0.25) is 9.78 Å². The number of Topliss-reactive ketones (excluding diaryl/α,β-unsaturated/α-hetero) is 1. The summed E-state index contributed by atoms with van der Waals surface area (Å²) in [5, 5.41) is 0. The van der Waals surface area contributed by atoms with E-state index in [1.807, 2.05) is 0 Å². The van der Waals surface area contributed by atoms with E-state index in [0.29, 0.717) is 17.4 Å². The van der Waals surface area contributed by atoms with E-state index in [4.69, 9.17) is 0 Å². The normalized spacial score (nSPS) is 29.0. The first kappa shape index (κ1) is 12.2. The molecule has 2 atom stereocenters. The highest BCUT2D eigenvalue weighted by Crippen LogP contribution is 2.34. The van der Waals surface area contributed by atoms with Crippen LogP contribution in [-0.2, 0) is 0 Å². The molecule has 1 heterocycles. The van der Waals surface area contributed by atoms with Gasteiger partial charge in [-0.25, -0.2) is 4.39 Å². The molecular formula is C14H18FNO. The second kappa shape index (κ2) is 4.94. The van der Waals surface area contributed by atoms with Crippen molar-refractivity contribution in [1.82, 2.24) is 4.98 Å². The summed E-state index contributed by atoms with van der Waals surface area (Å²) in [4.78, 5) is 16.0. The number of aromatic nitrogens is 1. The van der Waals surface area contributed by atoms with Gasteiger partial charge in [0.2, 0.25) is 0 Å². The Labute approximate surface area is 101 Å². The van der Waals surface area contributed by atoms with Crippen LogP contribution in [0.5, 0.6) is 0 Å². The van der Waals surface area contributed by atoms with Crippen LogP contribution in [0.4, 0.5) is 4.39 Å². The second-order valence-corrected chi connectivity index (χ2v) is 5.37. The summed E-state index contributed by atoms with van der Waals surface area (Å²) in [6, 6.07) is 1.29. The zero-order chi connectivity index (χ0) is 12.4. The van der Waals surface area contributed by atoms with Crippen LogP contribution >= 0.6 is 0 Å². The van der Waals surface area contributed by atoms with E-state index in [1.54, 1.807) is 0 Å². The number of nitrogens with zero attached hydrogens (tertiary/aromatic N) is 1. The van der Waals surface area contributed by atoms with Crippen molar-refractivity contribution in [2.75, 3.05) is 0 Å². The Bertz CT molecular complexity index is 408. The van der Waals surface area contributed by atoms with Gasteiger partial charge in [-0.15, -0.1) is 0 Å². The molecule has 2 nitrogen and oxygen atoms in total. The third-order valence-electron chi connectivity index (χ3n) is 3.54. The van der Waals surface area contributed by atoms with Gasteiger partial charge < -0.3 is 0 Å². The molecule has 0 saturated heterocycles. The average molecular weight is 235 g/mol. The summed E-state index contributed by atoms with van der Waals surface area (Å²) in [6.45, 7) is 4.36. The fourth-order valence-electron chi connectivity index (χ4n) is 2.94. The van der Waals surface area contributed by atoms with Crippen LogP contribution in [0.2, 0.25) is 0 Å². The SMILES string of the molecule is CC1CC(C)CC(C(=O)c2cncc(F)c2)C1. The first-order valence-electron chi connectivity index (χ1n) is 6.21. The summed E-state index contributed by atoms with van der Waals surface area (Å²) in [5.41, 5.74) is 0.413. The highest BCUT2D eigenvalue weighted by Gasteiger charge is 2.29. The molecule has 1 aliphatic carbocycles. The highest BCUT2D eigenvalue weighted by molar-refractivity contribution is 5.97. The van der Waals surface area contributed by atoms with Gasteiger partial charge in [0.1, 0.15) is 5.82 Å². The van der Waals surface area contributed by atoms with Crippen LogP contribution < -0.4 is 0 Å². The number of halogens is 1. The topological polar surface area (TPSA) is 30.0 Å². The summed E-state index contributed by atoms with van der Waals surface area (Å²) in [6.07, 6.45) is 5.61. The zero-order valence-electron chi connectivity index (χ0n) is 10.3. The Morgan fingerprint density at radius 1 is 1.24 bits per heavy atom. The summed E-state index contributed by atoms with van der Waals surface area (Å²) in [5.74, 6) is 0.809.